The van der Waals surface area contributed by atoms with Crippen LogP contribution in [0, 0.1) is 6.92 Å². The number of nitrogens with zero attached hydrogens (tertiary/aromatic N) is 5. The predicted octanol–water partition coefficient (Wildman–Crippen LogP) is 3.17. The lowest BCUT2D eigenvalue weighted by Crippen LogP contribution is -2.14. The molecular weight excluding hydrogens is 312 g/mol. The number of anilines is 1. The van der Waals surface area contributed by atoms with Gasteiger partial charge in [0.2, 0.25) is 0 Å². The molecule has 6 nitrogen and oxygen atoms in total. The van der Waals surface area contributed by atoms with Gasteiger partial charge < -0.3 is 5.73 Å². The third-order valence-corrected chi connectivity index (χ3v) is 4.20. The SMILES string of the molecule is CN=C(C(Cn1nc(C)c2c(N)ncnc21)=C(C)C)c1ccccc1. The number of aliphatic imine (C=N–C) groups is 1. The molecule has 0 aliphatic rings. The Morgan fingerprint density at radius 3 is 2.52 bits per heavy atom. The summed E-state index contributed by atoms with van der Waals surface area (Å²) in [6, 6.07) is 10.2. The van der Waals surface area contributed by atoms with Crippen molar-refractivity contribution in [2.24, 2.45) is 4.99 Å². The maximum absolute atomic E-state index is 6.00. The van der Waals surface area contributed by atoms with Crippen LogP contribution in [0.1, 0.15) is 25.1 Å². The zero-order valence-corrected chi connectivity index (χ0v) is 15.0. The van der Waals surface area contributed by atoms with Crippen LogP contribution in [-0.4, -0.2) is 32.5 Å². The van der Waals surface area contributed by atoms with Crippen molar-refractivity contribution in [2.45, 2.75) is 27.3 Å². The highest BCUT2D eigenvalue weighted by atomic mass is 15.3. The molecule has 0 saturated heterocycles. The van der Waals surface area contributed by atoms with Crippen LogP contribution in [0.3, 0.4) is 0 Å². The summed E-state index contributed by atoms with van der Waals surface area (Å²) in [7, 11) is 1.82. The predicted molar refractivity (Wildman–Crippen MR) is 102 cm³/mol. The number of benzene rings is 1. The highest BCUT2D eigenvalue weighted by Gasteiger charge is 2.17. The lowest BCUT2D eigenvalue weighted by atomic mass is 9.98. The van der Waals surface area contributed by atoms with Gasteiger partial charge in [-0.25, -0.2) is 14.6 Å². The molecule has 0 amide bonds. The summed E-state index contributed by atoms with van der Waals surface area (Å²) < 4.78 is 1.87. The van der Waals surface area contributed by atoms with E-state index in [-0.39, 0.29) is 0 Å². The van der Waals surface area contributed by atoms with Gasteiger partial charge in [0.1, 0.15) is 12.1 Å². The number of nitrogens with two attached hydrogens (primary N) is 1. The molecule has 0 aliphatic carbocycles. The van der Waals surface area contributed by atoms with Gasteiger partial charge in [-0.3, -0.25) is 4.99 Å². The molecule has 0 unspecified atom stereocenters. The molecule has 0 atom stereocenters. The topological polar surface area (TPSA) is 82.0 Å². The molecule has 2 aromatic heterocycles. The molecular formula is C19H22N6. The molecule has 25 heavy (non-hydrogen) atoms. The lowest BCUT2D eigenvalue weighted by molar-refractivity contribution is 0.695. The highest BCUT2D eigenvalue weighted by molar-refractivity contribution is 6.13. The standard InChI is InChI=1S/C19H22N6/c1-12(2)15(17(21-4)14-8-6-5-7-9-14)10-25-19-16(13(3)24-25)18(20)22-11-23-19/h5-9,11H,10H2,1-4H3,(H2,20,22,23). The molecule has 0 radical (unpaired) electrons. The quantitative estimate of drug-likeness (QED) is 0.743. The van der Waals surface area contributed by atoms with Crippen LogP contribution in [0.4, 0.5) is 5.82 Å². The number of hydrogen-bond donors (Lipinski definition) is 1. The van der Waals surface area contributed by atoms with Gasteiger partial charge in [-0.15, -0.1) is 0 Å². The lowest BCUT2D eigenvalue weighted by Gasteiger charge is -2.14. The van der Waals surface area contributed by atoms with Crippen LogP contribution >= 0.6 is 0 Å². The number of aryl methyl sites for hydroxylation is 1. The van der Waals surface area contributed by atoms with Gasteiger partial charge >= 0.3 is 0 Å². The second kappa shape index (κ2) is 6.84. The monoisotopic (exact) mass is 334 g/mol. The Morgan fingerprint density at radius 2 is 1.88 bits per heavy atom. The molecule has 128 valence electrons. The van der Waals surface area contributed by atoms with Crippen molar-refractivity contribution in [3.8, 4) is 0 Å². The maximum atomic E-state index is 6.00. The van der Waals surface area contributed by atoms with Crippen LogP contribution in [0.15, 0.2) is 52.8 Å². The van der Waals surface area contributed by atoms with Crippen molar-refractivity contribution >= 4 is 22.6 Å². The van der Waals surface area contributed by atoms with Gasteiger partial charge in [-0.2, -0.15) is 5.10 Å². The smallest absolute Gasteiger partial charge is 0.163 e. The molecule has 0 bridgehead atoms. The number of rotatable bonds is 4. The minimum absolute atomic E-state index is 0.458. The number of nitrogen functional groups attached to an aromatic ring is 1. The summed E-state index contributed by atoms with van der Waals surface area (Å²) in [5, 5.41) is 5.44. The van der Waals surface area contributed by atoms with Gasteiger partial charge in [-0.05, 0) is 31.9 Å². The Bertz CT molecular complexity index is 962. The van der Waals surface area contributed by atoms with Crippen molar-refractivity contribution in [1.82, 2.24) is 19.7 Å². The van der Waals surface area contributed by atoms with E-state index in [9.17, 15) is 0 Å². The minimum atomic E-state index is 0.458. The molecule has 0 fully saturated rings. The van der Waals surface area contributed by atoms with Crippen LogP contribution in [0.5, 0.6) is 0 Å². The summed E-state index contributed by atoms with van der Waals surface area (Å²) in [6.07, 6.45) is 1.48. The van der Waals surface area contributed by atoms with Crippen molar-refractivity contribution < 1.29 is 0 Å². The Morgan fingerprint density at radius 1 is 1.16 bits per heavy atom. The maximum Gasteiger partial charge on any atom is 0.163 e. The average molecular weight is 334 g/mol. The Hall–Kier alpha value is -3.02. The van der Waals surface area contributed by atoms with E-state index in [1.165, 1.54) is 11.9 Å². The molecule has 3 aromatic rings. The zero-order valence-electron chi connectivity index (χ0n) is 15.0. The minimum Gasteiger partial charge on any atom is -0.383 e. The van der Waals surface area contributed by atoms with Gasteiger partial charge in [0, 0.05) is 7.05 Å². The molecule has 2 N–H and O–H groups in total. The van der Waals surface area contributed by atoms with Crippen LogP contribution in [0.2, 0.25) is 0 Å². The van der Waals surface area contributed by atoms with E-state index in [1.807, 2.05) is 36.9 Å². The second-order valence-electron chi connectivity index (χ2n) is 6.12. The van der Waals surface area contributed by atoms with E-state index in [2.05, 4.69) is 46.0 Å². The number of allylic oxidation sites excluding steroid dienone is 2. The van der Waals surface area contributed by atoms with E-state index in [4.69, 9.17) is 5.73 Å². The van der Waals surface area contributed by atoms with E-state index in [0.717, 1.165) is 33.6 Å². The fourth-order valence-electron chi connectivity index (χ4n) is 2.97. The first-order valence-corrected chi connectivity index (χ1v) is 8.15. The van der Waals surface area contributed by atoms with Crippen LogP contribution < -0.4 is 5.73 Å². The van der Waals surface area contributed by atoms with Crippen molar-refractivity contribution in [2.75, 3.05) is 12.8 Å². The van der Waals surface area contributed by atoms with Gasteiger partial charge in [0.25, 0.3) is 0 Å². The molecule has 0 aliphatic heterocycles. The Kier molecular flexibility index (Phi) is 4.61. The third-order valence-electron chi connectivity index (χ3n) is 4.20. The Labute approximate surface area is 147 Å². The third kappa shape index (κ3) is 3.15. The number of aromatic nitrogens is 4. The van der Waals surface area contributed by atoms with Crippen LogP contribution in [0.25, 0.3) is 11.0 Å². The summed E-state index contributed by atoms with van der Waals surface area (Å²) in [5.74, 6) is 0.458. The van der Waals surface area contributed by atoms with E-state index in [0.29, 0.717) is 12.4 Å². The molecule has 2 heterocycles. The molecule has 3 rings (SSSR count). The van der Waals surface area contributed by atoms with E-state index in [1.54, 1.807) is 0 Å². The fourth-order valence-corrected chi connectivity index (χ4v) is 2.97. The largest absolute Gasteiger partial charge is 0.383 e. The molecule has 1 aromatic carbocycles. The fraction of sp³-hybridized carbons (Fsp3) is 0.263. The van der Waals surface area contributed by atoms with Crippen molar-refractivity contribution in [1.29, 1.82) is 0 Å². The normalized spacial score (nSPS) is 11.8. The Balaban J connectivity index is 2.08. The zero-order chi connectivity index (χ0) is 18.0. The first-order chi connectivity index (χ1) is 12.0. The van der Waals surface area contributed by atoms with E-state index < -0.39 is 0 Å². The van der Waals surface area contributed by atoms with Gasteiger partial charge in [0.05, 0.1) is 23.3 Å². The van der Waals surface area contributed by atoms with Crippen molar-refractivity contribution in [3.63, 3.8) is 0 Å². The number of fused-ring (bicyclic) bond motifs is 1. The van der Waals surface area contributed by atoms with Gasteiger partial charge in [-0.1, -0.05) is 35.9 Å². The molecule has 6 heteroatoms. The highest BCUT2D eigenvalue weighted by Crippen LogP contribution is 2.23. The molecule has 0 saturated carbocycles. The average Bonchev–Trinajstić information content (AvgIpc) is 2.92. The van der Waals surface area contributed by atoms with Gasteiger partial charge in [0.15, 0.2) is 5.65 Å². The van der Waals surface area contributed by atoms with Crippen molar-refractivity contribution in [3.05, 3.63) is 59.1 Å². The molecule has 0 spiro atoms. The summed E-state index contributed by atoms with van der Waals surface area (Å²) in [4.78, 5) is 13.0. The number of hydrogen-bond acceptors (Lipinski definition) is 5. The summed E-state index contributed by atoms with van der Waals surface area (Å²) >= 11 is 0. The van der Waals surface area contributed by atoms with Crippen LogP contribution in [-0.2, 0) is 6.54 Å². The second-order valence-corrected chi connectivity index (χ2v) is 6.12. The van der Waals surface area contributed by atoms with E-state index >= 15 is 0 Å². The first kappa shape index (κ1) is 16.8. The first-order valence-electron chi connectivity index (χ1n) is 8.15. The summed E-state index contributed by atoms with van der Waals surface area (Å²) in [6.45, 7) is 6.67. The summed E-state index contributed by atoms with van der Waals surface area (Å²) in [5.41, 5.74) is 11.9.